The molecule has 140 valence electrons. The van der Waals surface area contributed by atoms with Crippen LogP contribution in [0.3, 0.4) is 0 Å². The van der Waals surface area contributed by atoms with Crippen LogP contribution in [-0.4, -0.2) is 29.2 Å². The highest BCUT2D eigenvalue weighted by Gasteiger charge is 2.22. The number of quaternary nitrogens is 1. The Hall–Kier alpha value is -2.59. The molecule has 0 saturated heterocycles. The molecule has 0 aliphatic carbocycles. The third kappa shape index (κ3) is 3.37. The number of nitrogens with zero attached hydrogens (tertiary/aromatic N) is 2. The summed E-state index contributed by atoms with van der Waals surface area (Å²) in [6.45, 7) is 11.3. The van der Waals surface area contributed by atoms with Crippen LogP contribution in [0.25, 0.3) is 28.1 Å². The van der Waals surface area contributed by atoms with Gasteiger partial charge in [-0.3, -0.25) is 0 Å². The standard InChI is InChI=1S/C23H28N4/c1-4-25(5-2)15-8-16-26-22(19-13-11-18(3)12-14-19)17-27-21-10-7-6-9-20(21)24-23(26)27/h6-7,9-14,17H,4-5,8,15-16H2,1-3H3/p+2. The van der Waals surface area contributed by atoms with Gasteiger partial charge in [-0.05, 0) is 32.9 Å². The summed E-state index contributed by atoms with van der Waals surface area (Å²) in [6, 6.07) is 17.4. The summed E-state index contributed by atoms with van der Waals surface area (Å²) in [5, 5.41) is 0. The van der Waals surface area contributed by atoms with Gasteiger partial charge in [0.25, 0.3) is 0 Å². The van der Waals surface area contributed by atoms with E-state index in [1.807, 2.05) is 0 Å². The molecule has 27 heavy (non-hydrogen) atoms. The molecule has 4 heteroatoms. The Bertz CT molecular complexity index is 1040. The van der Waals surface area contributed by atoms with Gasteiger partial charge in [0.05, 0.1) is 26.2 Å². The smallest absolute Gasteiger partial charge is 0.335 e. The van der Waals surface area contributed by atoms with Crippen LogP contribution >= 0.6 is 0 Å². The van der Waals surface area contributed by atoms with Gasteiger partial charge in [-0.1, -0.05) is 42.0 Å². The molecule has 2 N–H and O–H groups in total. The van der Waals surface area contributed by atoms with Gasteiger partial charge in [0.1, 0.15) is 22.9 Å². The average Bonchev–Trinajstić information content (AvgIpc) is 3.22. The molecule has 0 fully saturated rings. The van der Waals surface area contributed by atoms with Crippen molar-refractivity contribution in [1.29, 1.82) is 0 Å². The minimum Gasteiger partial charge on any atom is -0.335 e. The minimum absolute atomic E-state index is 1.02. The summed E-state index contributed by atoms with van der Waals surface area (Å²) in [7, 11) is 0. The van der Waals surface area contributed by atoms with E-state index < -0.39 is 0 Å². The molecule has 4 rings (SSSR count). The molecular weight excluding hydrogens is 332 g/mol. The predicted octanol–water partition coefficient (Wildman–Crippen LogP) is 3.00. The van der Waals surface area contributed by atoms with Crippen LogP contribution in [0, 0.1) is 6.92 Å². The average molecular weight is 363 g/mol. The predicted molar refractivity (Wildman–Crippen MR) is 111 cm³/mol. The molecule has 0 aliphatic rings. The number of para-hydroxylation sites is 2. The molecule has 4 aromatic rings. The molecule has 0 radical (unpaired) electrons. The Morgan fingerprint density at radius 2 is 1.74 bits per heavy atom. The third-order valence-electron chi connectivity index (χ3n) is 5.70. The fourth-order valence-corrected chi connectivity index (χ4v) is 3.99. The summed E-state index contributed by atoms with van der Waals surface area (Å²) in [5.41, 5.74) is 6.27. The monoisotopic (exact) mass is 362 g/mol. The van der Waals surface area contributed by atoms with Crippen molar-refractivity contribution < 1.29 is 9.30 Å². The first-order valence-corrected chi connectivity index (χ1v) is 10.1. The maximum atomic E-state index is 3.63. The molecule has 0 saturated carbocycles. The van der Waals surface area contributed by atoms with Crippen molar-refractivity contribution in [2.24, 2.45) is 0 Å². The van der Waals surface area contributed by atoms with E-state index in [0.29, 0.717) is 0 Å². The first kappa shape index (κ1) is 17.8. The highest BCUT2D eigenvalue weighted by atomic mass is 15.2. The van der Waals surface area contributed by atoms with E-state index >= 15 is 0 Å². The van der Waals surface area contributed by atoms with Crippen molar-refractivity contribution in [1.82, 2.24) is 9.55 Å². The zero-order chi connectivity index (χ0) is 18.8. The van der Waals surface area contributed by atoms with E-state index in [-0.39, 0.29) is 0 Å². The van der Waals surface area contributed by atoms with Crippen molar-refractivity contribution in [2.45, 2.75) is 33.7 Å². The SMILES string of the molecule is CC[NH+](CC)CCCn1c(-c2ccc(C)cc2)c[n+]2c3ccccc3[nH]c12. The number of hydrogen-bond acceptors (Lipinski definition) is 0. The molecule has 0 amide bonds. The number of aryl methyl sites for hydroxylation is 2. The maximum Gasteiger partial charge on any atom is 0.368 e. The van der Waals surface area contributed by atoms with Gasteiger partial charge < -0.3 is 4.90 Å². The number of benzene rings is 2. The summed E-state index contributed by atoms with van der Waals surface area (Å²) in [6.07, 6.45) is 3.46. The van der Waals surface area contributed by atoms with E-state index in [1.165, 1.54) is 59.7 Å². The quantitative estimate of drug-likeness (QED) is 0.474. The normalized spacial score (nSPS) is 11.9. The van der Waals surface area contributed by atoms with Crippen molar-refractivity contribution >= 4 is 16.8 Å². The number of rotatable bonds is 7. The van der Waals surface area contributed by atoms with Gasteiger partial charge in [0.15, 0.2) is 0 Å². The number of fused-ring (bicyclic) bond motifs is 3. The fourth-order valence-electron chi connectivity index (χ4n) is 3.99. The zero-order valence-corrected chi connectivity index (χ0v) is 16.6. The Morgan fingerprint density at radius 1 is 1.00 bits per heavy atom. The number of H-pyrrole nitrogens is 1. The molecule has 4 nitrogen and oxygen atoms in total. The van der Waals surface area contributed by atoms with Gasteiger partial charge >= 0.3 is 5.78 Å². The minimum atomic E-state index is 1.02. The Morgan fingerprint density at radius 3 is 2.48 bits per heavy atom. The topological polar surface area (TPSA) is 29.3 Å². The van der Waals surface area contributed by atoms with Crippen molar-refractivity contribution in [3.05, 3.63) is 60.3 Å². The van der Waals surface area contributed by atoms with Gasteiger partial charge in [-0.15, -0.1) is 0 Å². The molecule has 2 aromatic heterocycles. The van der Waals surface area contributed by atoms with Gasteiger partial charge in [-0.25, -0.2) is 9.55 Å². The third-order valence-corrected chi connectivity index (χ3v) is 5.70. The molecule has 0 unspecified atom stereocenters. The Labute approximate surface area is 161 Å². The summed E-state index contributed by atoms with van der Waals surface area (Å²) < 4.78 is 4.75. The Kier molecular flexibility index (Phi) is 4.99. The van der Waals surface area contributed by atoms with Crippen molar-refractivity contribution in [3.8, 4) is 11.3 Å². The van der Waals surface area contributed by atoms with Crippen LogP contribution in [0.2, 0.25) is 0 Å². The first-order chi connectivity index (χ1) is 13.2. The highest BCUT2D eigenvalue weighted by Crippen LogP contribution is 2.23. The van der Waals surface area contributed by atoms with Crippen LogP contribution in [-0.2, 0) is 6.54 Å². The zero-order valence-electron chi connectivity index (χ0n) is 16.6. The van der Waals surface area contributed by atoms with Crippen LogP contribution in [0.4, 0.5) is 0 Å². The van der Waals surface area contributed by atoms with E-state index in [2.05, 4.69) is 89.5 Å². The van der Waals surface area contributed by atoms with Crippen LogP contribution in [0.15, 0.2) is 54.7 Å². The summed E-state index contributed by atoms with van der Waals surface area (Å²) in [5.74, 6) is 1.17. The lowest BCUT2D eigenvalue weighted by Crippen LogP contribution is -3.11. The Balaban J connectivity index is 1.77. The second-order valence-corrected chi connectivity index (χ2v) is 7.43. The first-order valence-electron chi connectivity index (χ1n) is 10.1. The highest BCUT2D eigenvalue weighted by molar-refractivity contribution is 5.74. The van der Waals surface area contributed by atoms with Gasteiger partial charge in [-0.2, -0.15) is 4.40 Å². The largest absolute Gasteiger partial charge is 0.368 e. The van der Waals surface area contributed by atoms with Gasteiger partial charge in [0, 0.05) is 12.0 Å². The summed E-state index contributed by atoms with van der Waals surface area (Å²) >= 11 is 0. The molecule has 2 aromatic carbocycles. The number of nitrogens with one attached hydrogen (secondary N) is 2. The van der Waals surface area contributed by atoms with Crippen LogP contribution in [0.1, 0.15) is 25.8 Å². The number of aromatic nitrogens is 3. The van der Waals surface area contributed by atoms with Crippen LogP contribution in [0.5, 0.6) is 0 Å². The lowest BCUT2D eigenvalue weighted by Gasteiger charge is -2.14. The second kappa shape index (κ2) is 7.57. The molecule has 0 aliphatic heterocycles. The summed E-state index contributed by atoms with van der Waals surface area (Å²) in [4.78, 5) is 5.30. The maximum absolute atomic E-state index is 3.63. The van der Waals surface area contributed by atoms with E-state index in [0.717, 1.165) is 6.54 Å². The molecular formula is C23H30N4+2. The van der Waals surface area contributed by atoms with E-state index in [4.69, 9.17) is 0 Å². The lowest BCUT2D eigenvalue weighted by atomic mass is 10.1. The number of hydrogen-bond donors (Lipinski definition) is 2. The number of imidazole rings is 2. The molecule has 2 heterocycles. The van der Waals surface area contributed by atoms with Crippen molar-refractivity contribution in [2.75, 3.05) is 19.6 Å². The molecule has 0 atom stereocenters. The number of aromatic amines is 1. The lowest BCUT2D eigenvalue weighted by molar-refractivity contribution is -0.896. The van der Waals surface area contributed by atoms with E-state index in [1.54, 1.807) is 4.90 Å². The van der Waals surface area contributed by atoms with Crippen molar-refractivity contribution in [3.63, 3.8) is 0 Å². The van der Waals surface area contributed by atoms with Crippen LogP contribution < -0.4 is 9.30 Å². The van der Waals surface area contributed by atoms with Gasteiger partial charge in [0.2, 0.25) is 0 Å². The molecule has 0 bridgehead atoms. The fraction of sp³-hybridized carbons (Fsp3) is 0.348. The molecule has 0 spiro atoms. The second-order valence-electron chi connectivity index (χ2n) is 7.43. The van der Waals surface area contributed by atoms with E-state index in [9.17, 15) is 0 Å².